The van der Waals surface area contributed by atoms with Crippen molar-refractivity contribution in [2.45, 2.75) is 24.8 Å². The summed E-state index contributed by atoms with van der Waals surface area (Å²) in [5.74, 6) is 0. The second-order valence-corrected chi connectivity index (χ2v) is 5.37. The molecule has 0 atom stereocenters. The molecule has 0 radical (unpaired) electrons. The molecule has 0 spiro atoms. The van der Waals surface area contributed by atoms with Gasteiger partial charge in [-0.25, -0.2) is 13.4 Å². The summed E-state index contributed by atoms with van der Waals surface area (Å²) in [5.41, 5.74) is 5.42. The molecule has 0 unspecified atom stereocenters. The lowest BCUT2D eigenvalue weighted by atomic mass is 10.3. The molecule has 0 aromatic carbocycles. The highest BCUT2D eigenvalue weighted by Crippen LogP contribution is 2.12. The van der Waals surface area contributed by atoms with E-state index in [4.69, 9.17) is 5.73 Å². The Morgan fingerprint density at radius 3 is 2.75 bits per heavy atom. The molecule has 0 amide bonds. The molecule has 92 valence electrons. The minimum atomic E-state index is -3.46. The predicted octanol–water partition coefficient (Wildman–Crippen LogP) is 0.159. The number of sulfonamides is 1. The van der Waals surface area contributed by atoms with Gasteiger partial charge in [0.15, 0.2) is 5.03 Å². The van der Waals surface area contributed by atoms with Gasteiger partial charge < -0.3 is 10.7 Å². The fourth-order valence-electron chi connectivity index (χ4n) is 1.35. The molecule has 3 N–H and O–H groups in total. The number of hydrogen-bond acceptors (Lipinski definition) is 4. The minimum Gasteiger partial charge on any atom is -0.335 e. The third-order valence-electron chi connectivity index (χ3n) is 2.23. The first-order valence-corrected chi connectivity index (χ1v) is 6.75. The lowest BCUT2D eigenvalue weighted by molar-refractivity contribution is 0.408. The van der Waals surface area contributed by atoms with Gasteiger partial charge in [-0.2, -0.15) is 4.31 Å². The summed E-state index contributed by atoms with van der Waals surface area (Å²) < 4.78 is 25.6. The number of aromatic nitrogens is 2. The standard InChI is InChI=1S/C9H18N4O2S/c1-2-3-5-13(6-4-10)16(14,15)9-7-11-8-12-9/h7-8H,2-6,10H2,1H3,(H,11,12). The van der Waals surface area contributed by atoms with E-state index in [9.17, 15) is 8.42 Å². The number of aromatic amines is 1. The first kappa shape index (κ1) is 13.1. The first-order chi connectivity index (χ1) is 7.62. The number of H-pyrrole nitrogens is 1. The maximum Gasteiger partial charge on any atom is 0.260 e. The molecule has 0 saturated carbocycles. The number of nitrogens with one attached hydrogen (secondary N) is 1. The lowest BCUT2D eigenvalue weighted by Gasteiger charge is -2.19. The Kier molecular flexibility index (Phi) is 4.91. The molecule has 0 aliphatic carbocycles. The molecule has 0 fully saturated rings. The Morgan fingerprint density at radius 2 is 2.25 bits per heavy atom. The summed E-state index contributed by atoms with van der Waals surface area (Å²) in [6.07, 6.45) is 4.44. The molecule has 1 heterocycles. The average molecular weight is 246 g/mol. The second kappa shape index (κ2) is 5.97. The molecule has 0 aliphatic heterocycles. The number of hydrogen-bond donors (Lipinski definition) is 2. The number of nitrogens with zero attached hydrogens (tertiary/aromatic N) is 2. The van der Waals surface area contributed by atoms with Crippen molar-refractivity contribution in [1.82, 2.24) is 14.3 Å². The number of imidazole rings is 1. The van der Waals surface area contributed by atoms with Crippen molar-refractivity contribution in [1.29, 1.82) is 0 Å². The van der Waals surface area contributed by atoms with Crippen molar-refractivity contribution < 1.29 is 8.42 Å². The SMILES string of the molecule is CCCCN(CCN)S(=O)(=O)c1cnc[nH]1. The molecule has 0 saturated heterocycles. The van der Waals surface area contributed by atoms with Crippen LogP contribution in [-0.4, -0.2) is 42.3 Å². The number of unbranched alkanes of at least 4 members (excludes halogenated alkanes) is 1. The highest BCUT2D eigenvalue weighted by molar-refractivity contribution is 7.89. The van der Waals surface area contributed by atoms with Crippen molar-refractivity contribution >= 4 is 10.0 Å². The molecule has 6 nitrogen and oxygen atoms in total. The van der Waals surface area contributed by atoms with E-state index in [1.807, 2.05) is 6.92 Å². The van der Waals surface area contributed by atoms with Gasteiger partial charge in [0.1, 0.15) is 0 Å². The van der Waals surface area contributed by atoms with Crippen LogP contribution in [0.2, 0.25) is 0 Å². The molecule has 0 bridgehead atoms. The Hall–Kier alpha value is -0.920. The van der Waals surface area contributed by atoms with Crippen LogP contribution >= 0.6 is 0 Å². The number of rotatable bonds is 7. The summed E-state index contributed by atoms with van der Waals surface area (Å²) in [7, 11) is -3.46. The van der Waals surface area contributed by atoms with E-state index in [0.29, 0.717) is 19.6 Å². The van der Waals surface area contributed by atoms with Gasteiger partial charge in [0, 0.05) is 19.6 Å². The maximum absolute atomic E-state index is 12.1. The monoisotopic (exact) mass is 246 g/mol. The smallest absolute Gasteiger partial charge is 0.260 e. The summed E-state index contributed by atoms with van der Waals surface area (Å²) >= 11 is 0. The molecular weight excluding hydrogens is 228 g/mol. The van der Waals surface area contributed by atoms with Gasteiger partial charge in [0.05, 0.1) is 12.5 Å². The minimum absolute atomic E-state index is 0.122. The van der Waals surface area contributed by atoms with Gasteiger partial charge in [0.2, 0.25) is 0 Å². The van der Waals surface area contributed by atoms with E-state index < -0.39 is 10.0 Å². The van der Waals surface area contributed by atoms with Crippen molar-refractivity contribution in [3.63, 3.8) is 0 Å². The van der Waals surface area contributed by atoms with Crippen LogP contribution in [0.5, 0.6) is 0 Å². The Bertz CT molecular complexity index is 388. The molecule has 1 aromatic rings. The second-order valence-electron chi connectivity index (χ2n) is 3.46. The summed E-state index contributed by atoms with van der Waals surface area (Å²) in [4.78, 5) is 6.33. The van der Waals surface area contributed by atoms with Gasteiger partial charge in [0.25, 0.3) is 10.0 Å². The molecule has 1 rings (SSSR count). The third-order valence-corrected chi connectivity index (χ3v) is 4.05. The van der Waals surface area contributed by atoms with Crippen LogP contribution in [0.15, 0.2) is 17.6 Å². The molecule has 1 aromatic heterocycles. The normalized spacial score (nSPS) is 12.2. The molecule has 7 heteroatoms. The molecule has 16 heavy (non-hydrogen) atoms. The van der Waals surface area contributed by atoms with Gasteiger partial charge >= 0.3 is 0 Å². The third kappa shape index (κ3) is 3.03. The Labute approximate surface area is 95.9 Å². The van der Waals surface area contributed by atoms with E-state index in [2.05, 4.69) is 9.97 Å². The van der Waals surface area contributed by atoms with Crippen molar-refractivity contribution in [2.24, 2.45) is 5.73 Å². The summed E-state index contributed by atoms with van der Waals surface area (Å²) in [5, 5.41) is 0.122. The van der Waals surface area contributed by atoms with E-state index >= 15 is 0 Å². The van der Waals surface area contributed by atoms with E-state index in [1.165, 1.54) is 16.8 Å². The van der Waals surface area contributed by atoms with Crippen LogP contribution in [0.4, 0.5) is 0 Å². The van der Waals surface area contributed by atoms with E-state index in [0.717, 1.165) is 12.8 Å². The fourth-order valence-corrected chi connectivity index (χ4v) is 2.74. The van der Waals surface area contributed by atoms with Crippen LogP contribution in [-0.2, 0) is 10.0 Å². The molecule has 0 aliphatic rings. The van der Waals surface area contributed by atoms with Gasteiger partial charge in [-0.05, 0) is 6.42 Å². The van der Waals surface area contributed by atoms with Crippen LogP contribution < -0.4 is 5.73 Å². The van der Waals surface area contributed by atoms with Crippen LogP contribution in [0, 0.1) is 0 Å². The zero-order valence-corrected chi connectivity index (χ0v) is 10.2. The largest absolute Gasteiger partial charge is 0.335 e. The van der Waals surface area contributed by atoms with Gasteiger partial charge in [-0.3, -0.25) is 0 Å². The predicted molar refractivity (Wildman–Crippen MR) is 61.3 cm³/mol. The van der Waals surface area contributed by atoms with Crippen molar-refractivity contribution in [3.8, 4) is 0 Å². The fraction of sp³-hybridized carbons (Fsp3) is 0.667. The summed E-state index contributed by atoms with van der Waals surface area (Å²) in [6, 6.07) is 0. The maximum atomic E-state index is 12.1. The lowest BCUT2D eigenvalue weighted by Crippen LogP contribution is -2.36. The van der Waals surface area contributed by atoms with E-state index in [-0.39, 0.29) is 5.03 Å². The number of nitrogens with two attached hydrogens (primary N) is 1. The topological polar surface area (TPSA) is 92.1 Å². The summed E-state index contributed by atoms with van der Waals surface area (Å²) in [6.45, 7) is 3.16. The van der Waals surface area contributed by atoms with Crippen LogP contribution in [0.25, 0.3) is 0 Å². The highest BCUT2D eigenvalue weighted by Gasteiger charge is 2.24. The highest BCUT2D eigenvalue weighted by atomic mass is 32.2. The average Bonchev–Trinajstić information content (AvgIpc) is 2.77. The van der Waals surface area contributed by atoms with E-state index in [1.54, 1.807) is 0 Å². The zero-order valence-electron chi connectivity index (χ0n) is 9.39. The van der Waals surface area contributed by atoms with Crippen LogP contribution in [0.3, 0.4) is 0 Å². The zero-order chi connectivity index (χ0) is 12.0. The van der Waals surface area contributed by atoms with Crippen molar-refractivity contribution in [2.75, 3.05) is 19.6 Å². The van der Waals surface area contributed by atoms with Crippen LogP contribution in [0.1, 0.15) is 19.8 Å². The Balaban J connectivity index is 2.84. The Morgan fingerprint density at radius 1 is 1.50 bits per heavy atom. The van der Waals surface area contributed by atoms with Gasteiger partial charge in [-0.15, -0.1) is 0 Å². The van der Waals surface area contributed by atoms with Crippen molar-refractivity contribution in [3.05, 3.63) is 12.5 Å². The quantitative estimate of drug-likeness (QED) is 0.716. The molecular formula is C9H18N4O2S. The first-order valence-electron chi connectivity index (χ1n) is 5.31. The van der Waals surface area contributed by atoms with Gasteiger partial charge in [-0.1, -0.05) is 13.3 Å².